The zero-order valence-electron chi connectivity index (χ0n) is 15.3. The molecule has 25 heavy (non-hydrogen) atoms. The molecule has 2 heterocycles. The SMILES string of the molecule is CCOC(=O)CC(C1=C2OC=C(C)C=C2C(C)C1C)c1ccccn1. The summed E-state index contributed by atoms with van der Waals surface area (Å²) in [6.07, 6.45) is 6.01. The molecule has 4 heteroatoms. The van der Waals surface area contributed by atoms with Crippen LogP contribution in [-0.2, 0) is 14.3 Å². The van der Waals surface area contributed by atoms with E-state index in [4.69, 9.17) is 9.47 Å². The van der Waals surface area contributed by atoms with E-state index in [1.165, 1.54) is 5.57 Å². The first-order valence-electron chi connectivity index (χ1n) is 8.88. The molecule has 0 saturated carbocycles. The van der Waals surface area contributed by atoms with Gasteiger partial charge in [-0.3, -0.25) is 9.78 Å². The van der Waals surface area contributed by atoms with Crippen LogP contribution in [0.1, 0.15) is 45.7 Å². The number of carbonyl (C=O) groups is 1. The van der Waals surface area contributed by atoms with E-state index in [-0.39, 0.29) is 24.2 Å². The number of fused-ring (bicyclic) bond motifs is 1. The van der Waals surface area contributed by atoms with Crippen molar-refractivity contribution in [1.29, 1.82) is 0 Å². The van der Waals surface area contributed by atoms with E-state index in [0.717, 1.165) is 22.6 Å². The number of allylic oxidation sites excluding steroid dienone is 4. The van der Waals surface area contributed by atoms with Crippen LogP contribution in [0.25, 0.3) is 0 Å². The maximum Gasteiger partial charge on any atom is 0.306 e. The lowest BCUT2D eigenvalue weighted by Crippen LogP contribution is -2.17. The first-order chi connectivity index (χ1) is 12.0. The van der Waals surface area contributed by atoms with Crippen molar-refractivity contribution in [3.05, 3.63) is 64.9 Å². The van der Waals surface area contributed by atoms with E-state index >= 15 is 0 Å². The van der Waals surface area contributed by atoms with Crippen molar-refractivity contribution < 1.29 is 14.3 Å². The average molecular weight is 339 g/mol. The molecule has 1 aliphatic carbocycles. The van der Waals surface area contributed by atoms with Gasteiger partial charge in [-0.05, 0) is 60.6 Å². The van der Waals surface area contributed by atoms with Gasteiger partial charge in [-0.25, -0.2) is 0 Å². The number of pyridine rings is 1. The van der Waals surface area contributed by atoms with Gasteiger partial charge >= 0.3 is 5.97 Å². The topological polar surface area (TPSA) is 48.4 Å². The van der Waals surface area contributed by atoms with Crippen molar-refractivity contribution in [1.82, 2.24) is 4.98 Å². The highest BCUT2D eigenvalue weighted by atomic mass is 16.5. The highest BCUT2D eigenvalue weighted by Crippen LogP contribution is 2.49. The molecule has 0 spiro atoms. The van der Waals surface area contributed by atoms with E-state index in [2.05, 4.69) is 24.9 Å². The fraction of sp³-hybridized carbons (Fsp3) is 0.429. The molecule has 3 rings (SSSR count). The summed E-state index contributed by atoms with van der Waals surface area (Å²) in [6, 6.07) is 5.82. The van der Waals surface area contributed by atoms with Gasteiger partial charge in [-0.1, -0.05) is 19.9 Å². The van der Waals surface area contributed by atoms with Crippen LogP contribution < -0.4 is 0 Å². The molecule has 0 bridgehead atoms. The summed E-state index contributed by atoms with van der Waals surface area (Å²) < 4.78 is 11.2. The van der Waals surface area contributed by atoms with Gasteiger partial charge in [0.15, 0.2) is 0 Å². The monoisotopic (exact) mass is 339 g/mol. The van der Waals surface area contributed by atoms with Crippen molar-refractivity contribution >= 4 is 5.97 Å². The van der Waals surface area contributed by atoms with Crippen LogP contribution in [0.3, 0.4) is 0 Å². The van der Waals surface area contributed by atoms with Crippen molar-refractivity contribution in [3.63, 3.8) is 0 Å². The van der Waals surface area contributed by atoms with Gasteiger partial charge < -0.3 is 9.47 Å². The molecule has 1 aliphatic heterocycles. The number of hydrogen-bond donors (Lipinski definition) is 0. The molecule has 1 aromatic rings. The average Bonchev–Trinajstić information content (AvgIpc) is 2.85. The number of carbonyl (C=O) groups excluding carboxylic acids is 1. The van der Waals surface area contributed by atoms with Crippen LogP contribution in [0.5, 0.6) is 0 Å². The van der Waals surface area contributed by atoms with Crippen molar-refractivity contribution in [2.24, 2.45) is 11.8 Å². The molecule has 2 aliphatic rings. The quantitative estimate of drug-likeness (QED) is 0.740. The molecule has 3 atom stereocenters. The molecule has 3 unspecified atom stereocenters. The first kappa shape index (κ1) is 17.5. The maximum absolute atomic E-state index is 12.2. The zero-order chi connectivity index (χ0) is 18.0. The number of nitrogens with zero attached hydrogens (tertiary/aromatic N) is 1. The largest absolute Gasteiger partial charge is 0.466 e. The lowest BCUT2D eigenvalue weighted by Gasteiger charge is -2.22. The summed E-state index contributed by atoms with van der Waals surface area (Å²) in [7, 11) is 0. The van der Waals surface area contributed by atoms with Gasteiger partial charge in [0.05, 0.1) is 19.3 Å². The third-order valence-corrected chi connectivity index (χ3v) is 5.10. The van der Waals surface area contributed by atoms with Crippen LogP contribution in [0.4, 0.5) is 0 Å². The first-order valence-corrected chi connectivity index (χ1v) is 8.88. The van der Waals surface area contributed by atoms with Gasteiger partial charge in [0, 0.05) is 17.8 Å². The van der Waals surface area contributed by atoms with Gasteiger partial charge in [0.2, 0.25) is 0 Å². The number of rotatable bonds is 5. The highest BCUT2D eigenvalue weighted by molar-refractivity contribution is 5.71. The van der Waals surface area contributed by atoms with Crippen molar-refractivity contribution in [3.8, 4) is 0 Å². The van der Waals surface area contributed by atoms with Gasteiger partial charge in [-0.2, -0.15) is 0 Å². The number of esters is 1. The lowest BCUT2D eigenvalue weighted by atomic mass is 9.83. The molecular weight excluding hydrogens is 314 g/mol. The summed E-state index contributed by atoms with van der Waals surface area (Å²) in [4.78, 5) is 16.8. The van der Waals surface area contributed by atoms with E-state index in [9.17, 15) is 4.79 Å². The van der Waals surface area contributed by atoms with Gasteiger partial charge in [0.25, 0.3) is 0 Å². The molecule has 4 nitrogen and oxygen atoms in total. The predicted molar refractivity (Wildman–Crippen MR) is 96.5 cm³/mol. The smallest absolute Gasteiger partial charge is 0.306 e. The second-order valence-electron chi connectivity index (χ2n) is 6.76. The highest BCUT2D eigenvalue weighted by Gasteiger charge is 2.40. The van der Waals surface area contributed by atoms with Crippen molar-refractivity contribution in [2.75, 3.05) is 6.61 Å². The molecule has 0 N–H and O–H groups in total. The molecule has 132 valence electrons. The summed E-state index contributed by atoms with van der Waals surface area (Å²) in [6.45, 7) is 8.66. The third-order valence-electron chi connectivity index (χ3n) is 5.10. The normalized spacial score (nSPS) is 23.4. The Morgan fingerprint density at radius 3 is 2.80 bits per heavy atom. The third kappa shape index (κ3) is 3.39. The summed E-state index contributed by atoms with van der Waals surface area (Å²) in [5.41, 5.74) is 4.36. The standard InChI is InChI=1S/C21H25NO3/c1-5-24-19(23)11-17(18-8-6-7-9-22-18)20-15(4)14(3)16-10-13(2)12-25-21(16)20/h6-10,12,14-15,17H,5,11H2,1-4H3. The fourth-order valence-electron chi connectivity index (χ4n) is 3.70. The molecule has 1 aromatic heterocycles. The Morgan fingerprint density at radius 2 is 2.12 bits per heavy atom. The van der Waals surface area contributed by atoms with E-state index in [0.29, 0.717) is 12.5 Å². The molecular formula is C21H25NO3. The zero-order valence-corrected chi connectivity index (χ0v) is 15.3. The number of aromatic nitrogens is 1. The summed E-state index contributed by atoms with van der Waals surface area (Å²) in [5, 5.41) is 0. The Labute approximate surface area is 149 Å². The van der Waals surface area contributed by atoms with E-state index in [1.54, 1.807) is 12.5 Å². The number of ether oxygens (including phenoxy) is 2. The fourth-order valence-corrected chi connectivity index (χ4v) is 3.70. The van der Waals surface area contributed by atoms with Crippen LogP contribution in [-0.4, -0.2) is 17.6 Å². The van der Waals surface area contributed by atoms with Crippen LogP contribution >= 0.6 is 0 Å². The summed E-state index contributed by atoms with van der Waals surface area (Å²) in [5.74, 6) is 1.20. The summed E-state index contributed by atoms with van der Waals surface area (Å²) >= 11 is 0. The molecule has 0 fully saturated rings. The number of hydrogen-bond acceptors (Lipinski definition) is 4. The molecule has 0 radical (unpaired) electrons. The second-order valence-corrected chi connectivity index (χ2v) is 6.76. The minimum Gasteiger partial charge on any atom is -0.466 e. The Bertz CT molecular complexity index is 746. The van der Waals surface area contributed by atoms with Crippen LogP contribution in [0.2, 0.25) is 0 Å². The van der Waals surface area contributed by atoms with E-state index < -0.39 is 0 Å². The second kappa shape index (κ2) is 7.26. The Kier molecular flexibility index (Phi) is 5.07. The van der Waals surface area contributed by atoms with Crippen LogP contribution in [0, 0.1) is 11.8 Å². The maximum atomic E-state index is 12.2. The minimum atomic E-state index is -0.203. The van der Waals surface area contributed by atoms with Gasteiger partial charge in [0.1, 0.15) is 5.76 Å². The van der Waals surface area contributed by atoms with E-state index in [1.807, 2.05) is 32.0 Å². The molecule has 0 amide bonds. The Balaban J connectivity index is 2.05. The minimum absolute atomic E-state index is 0.134. The van der Waals surface area contributed by atoms with Crippen LogP contribution in [0.15, 0.2) is 59.2 Å². The molecule has 0 aromatic carbocycles. The van der Waals surface area contributed by atoms with Gasteiger partial charge in [-0.15, -0.1) is 0 Å². The lowest BCUT2D eigenvalue weighted by molar-refractivity contribution is -0.143. The Morgan fingerprint density at radius 1 is 1.32 bits per heavy atom. The Hall–Kier alpha value is -2.36. The predicted octanol–water partition coefficient (Wildman–Crippen LogP) is 4.52. The van der Waals surface area contributed by atoms with Crippen molar-refractivity contribution in [2.45, 2.75) is 40.0 Å². The molecule has 0 saturated heterocycles.